The zero-order valence-corrected chi connectivity index (χ0v) is 59.4. The predicted molar refractivity (Wildman–Crippen MR) is 468 cm³/mol. The Bertz CT molecular complexity index is 6000. The maximum Gasteiger partial charge on any atom is 0.0713 e. The van der Waals surface area contributed by atoms with E-state index in [9.17, 15) is 0 Å². The van der Waals surface area contributed by atoms with Gasteiger partial charge < -0.3 is 23.5 Å². The van der Waals surface area contributed by atoms with Crippen LogP contribution in [-0.2, 0) is 5.41 Å². The zero-order valence-electron chi connectivity index (χ0n) is 59.4. The highest BCUT2D eigenvalue weighted by atomic mass is 15.1. The van der Waals surface area contributed by atoms with E-state index in [1.54, 1.807) is 0 Å². The molecule has 0 amide bonds. The van der Waals surface area contributed by atoms with Gasteiger partial charge in [0.25, 0.3) is 0 Å². The van der Waals surface area contributed by atoms with Gasteiger partial charge in [-0.05, 0) is 190 Å². The summed E-state index contributed by atoms with van der Waals surface area (Å²) >= 11 is 0. The van der Waals surface area contributed by atoms with E-state index < -0.39 is 5.41 Å². The van der Waals surface area contributed by atoms with Crippen molar-refractivity contribution in [3.8, 4) is 39.3 Å². The maximum atomic E-state index is 2.36. The average Bonchev–Trinajstić information content (AvgIpc) is 1.53. The standard InChI is InChI=1S/C49H36N2.C36H24N2.C18H13N.2CH4/c1-5-17-39(18-6-1)50(40-19-7-2-8-20-40)43-33-29-37(30-34-43)49(47-27-15-13-25-45(47)46-26-14-16-28-48(46)49)38-31-35-44(36-32-38)51(41-21-9-3-10-22-41)42-23-11-4-12-24-42;1-5-13-33-29(9-1)30-10-2-6-14-34(30)37(33)27-21-17-25(18-22-27)26-19-23-28(24-20-26)38-35-15-7-3-11-31(35)32-12-4-8-16-36(32)38;1-2-8-14(9-3-1)19-17-12-6-4-10-15(17)16-11-5-7-13-18(16)19;;/h1-36H;1-24H;1-13H;2*1H4. The second kappa shape index (κ2) is 29.9. The topological polar surface area (TPSA) is 21.3 Å². The molecule has 5 nitrogen and oxygen atoms in total. The van der Waals surface area contributed by atoms with Crippen LogP contribution in [0.5, 0.6) is 0 Å². The van der Waals surface area contributed by atoms with E-state index in [-0.39, 0.29) is 14.9 Å². The van der Waals surface area contributed by atoms with Gasteiger partial charge in [0.1, 0.15) is 0 Å². The first kappa shape index (κ1) is 68.8. The molecule has 20 aromatic rings. The van der Waals surface area contributed by atoms with Gasteiger partial charge in [0.2, 0.25) is 0 Å². The summed E-state index contributed by atoms with van der Waals surface area (Å²) in [6.07, 6.45) is 0. The molecule has 17 aromatic carbocycles. The highest BCUT2D eigenvalue weighted by molar-refractivity contribution is 6.11. The van der Waals surface area contributed by atoms with Gasteiger partial charge in [0, 0.05) is 83.5 Å². The maximum absolute atomic E-state index is 2.36. The summed E-state index contributed by atoms with van der Waals surface area (Å²) in [5.41, 5.74) is 27.3. The van der Waals surface area contributed by atoms with Crippen molar-refractivity contribution in [2.24, 2.45) is 0 Å². The molecule has 0 N–H and O–H groups in total. The van der Waals surface area contributed by atoms with Crippen LogP contribution in [-0.4, -0.2) is 13.7 Å². The van der Waals surface area contributed by atoms with Crippen molar-refractivity contribution >= 4 is 99.5 Å². The average molecular weight is 1410 g/mol. The van der Waals surface area contributed by atoms with Crippen molar-refractivity contribution in [1.82, 2.24) is 13.7 Å². The number of aromatic nitrogens is 3. The molecule has 3 aromatic heterocycles. The van der Waals surface area contributed by atoms with Gasteiger partial charge in [0.15, 0.2) is 0 Å². The SMILES string of the molecule is C.C.c1ccc(-n2c3ccccc3c3ccccc32)cc1.c1ccc(N(c2ccccc2)c2ccc(C3(c4ccc(N(c5ccccc5)c5ccccc5)cc4)c4ccccc4-c4ccccc43)cc2)cc1.c1ccc2c(c1)c1ccccc1n2-c1ccc(-c2ccc(-n3c4ccccc4c4ccccc43)cc2)cc1. The van der Waals surface area contributed by atoms with Crippen LogP contribution in [0.4, 0.5) is 34.1 Å². The monoisotopic (exact) mass is 1410 g/mol. The molecule has 110 heavy (non-hydrogen) atoms. The Morgan fingerprint density at radius 3 is 0.655 bits per heavy atom. The summed E-state index contributed by atoms with van der Waals surface area (Å²) in [5, 5.41) is 7.75. The summed E-state index contributed by atoms with van der Waals surface area (Å²) in [4.78, 5) is 4.65. The molecule has 1 aliphatic rings. The van der Waals surface area contributed by atoms with Crippen LogP contribution in [0.15, 0.2) is 443 Å². The Balaban J connectivity index is 0.000000131. The Morgan fingerprint density at radius 1 is 0.173 bits per heavy atom. The first-order valence-electron chi connectivity index (χ1n) is 37.1. The second-order valence-corrected chi connectivity index (χ2v) is 27.5. The fourth-order valence-corrected chi connectivity index (χ4v) is 16.7. The smallest absolute Gasteiger partial charge is 0.0713 e. The molecule has 0 saturated heterocycles. The quantitative estimate of drug-likeness (QED) is 0.122. The third-order valence-electron chi connectivity index (χ3n) is 21.5. The number of anilines is 6. The first-order chi connectivity index (χ1) is 53.6. The van der Waals surface area contributed by atoms with Gasteiger partial charge in [-0.3, -0.25) is 0 Å². The van der Waals surface area contributed by atoms with Crippen LogP contribution in [0.3, 0.4) is 0 Å². The second-order valence-electron chi connectivity index (χ2n) is 27.5. The van der Waals surface area contributed by atoms with Crippen molar-refractivity contribution in [3.63, 3.8) is 0 Å². The Morgan fingerprint density at radius 2 is 0.382 bits per heavy atom. The molecule has 0 radical (unpaired) electrons. The summed E-state index contributed by atoms with van der Waals surface area (Å²) in [7, 11) is 0. The largest absolute Gasteiger partial charge is 0.311 e. The molecule has 21 rings (SSSR count). The Labute approximate surface area is 643 Å². The molecule has 0 spiro atoms. The lowest BCUT2D eigenvalue weighted by molar-refractivity contribution is 0.768. The van der Waals surface area contributed by atoms with E-state index in [0.717, 1.165) is 34.1 Å². The number of fused-ring (bicyclic) bond motifs is 12. The summed E-state index contributed by atoms with van der Waals surface area (Å²) in [6, 6.07) is 159. The highest BCUT2D eigenvalue weighted by Gasteiger charge is 2.46. The third-order valence-corrected chi connectivity index (χ3v) is 21.5. The summed E-state index contributed by atoms with van der Waals surface area (Å²) in [5.74, 6) is 0. The lowest BCUT2D eigenvalue weighted by atomic mass is 9.67. The molecule has 5 heteroatoms. The van der Waals surface area contributed by atoms with Crippen LogP contribution in [0.25, 0.3) is 105 Å². The van der Waals surface area contributed by atoms with E-state index in [4.69, 9.17) is 0 Å². The molecule has 0 bridgehead atoms. The molecule has 3 heterocycles. The van der Waals surface area contributed by atoms with Gasteiger partial charge >= 0.3 is 0 Å². The van der Waals surface area contributed by atoms with Gasteiger partial charge in [-0.25, -0.2) is 0 Å². The van der Waals surface area contributed by atoms with E-state index in [0.29, 0.717) is 0 Å². The van der Waals surface area contributed by atoms with Crippen molar-refractivity contribution in [2.75, 3.05) is 9.80 Å². The molecule has 0 unspecified atom stereocenters. The molecule has 1 aliphatic carbocycles. The minimum Gasteiger partial charge on any atom is -0.311 e. The van der Waals surface area contributed by atoms with Gasteiger partial charge in [0.05, 0.1) is 38.5 Å². The minimum atomic E-state index is -0.501. The number of hydrogen-bond donors (Lipinski definition) is 0. The van der Waals surface area contributed by atoms with Crippen molar-refractivity contribution in [1.29, 1.82) is 0 Å². The highest BCUT2D eigenvalue weighted by Crippen LogP contribution is 2.57. The molecule has 0 atom stereocenters. The van der Waals surface area contributed by atoms with Crippen LogP contribution < -0.4 is 9.80 Å². The Hall–Kier alpha value is -14.3. The number of para-hydroxylation sites is 11. The van der Waals surface area contributed by atoms with E-state index >= 15 is 0 Å². The fourth-order valence-electron chi connectivity index (χ4n) is 16.7. The number of nitrogens with zero attached hydrogens (tertiary/aromatic N) is 5. The molecule has 0 saturated carbocycles. The van der Waals surface area contributed by atoms with Crippen molar-refractivity contribution < 1.29 is 0 Å². The number of hydrogen-bond acceptors (Lipinski definition) is 2. The molecular weight excluding hydrogens is 1330 g/mol. The first-order valence-corrected chi connectivity index (χ1v) is 37.1. The zero-order chi connectivity index (χ0) is 71.7. The normalized spacial score (nSPS) is 11.7. The lowest BCUT2D eigenvalue weighted by Crippen LogP contribution is -2.28. The summed E-state index contributed by atoms with van der Waals surface area (Å²) in [6.45, 7) is 0. The van der Waals surface area contributed by atoms with E-state index in [1.807, 2.05) is 0 Å². The van der Waals surface area contributed by atoms with Gasteiger partial charge in [-0.1, -0.05) is 312 Å². The van der Waals surface area contributed by atoms with Crippen molar-refractivity contribution in [2.45, 2.75) is 20.3 Å². The molecule has 526 valence electrons. The lowest BCUT2D eigenvalue weighted by Gasteiger charge is -2.35. The Kier molecular flexibility index (Phi) is 18.7. The molecule has 0 fully saturated rings. The van der Waals surface area contributed by atoms with Crippen LogP contribution in [0, 0.1) is 0 Å². The van der Waals surface area contributed by atoms with E-state index in [1.165, 1.54) is 127 Å². The summed E-state index contributed by atoms with van der Waals surface area (Å²) < 4.78 is 7.05. The van der Waals surface area contributed by atoms with Gasteiger partial charge in [-0.15, -0.1) is 0 Å². The molecular formula is C105H81N5. The van der Waals surface area contributed by atoms with Crippen LogP contribution >= 0.6 is 0 Å². The molecule has 0 aliphatic heterocycles. The van der Waals surface area contributed by atoms with Crippen molar-refractivity contribution in [3.05, 3.63) is 465 Å². The van der Waals surface area contributed by atoms with E-state index in [2.05, 4.69) is 466 Å². The van der Waals surface area contributed by atoms with Gasteiger partial charge in [-0.2, -0.15) is 0 Å². The van der Waals surface area contributed by atoms with Crippen LogP contribution in [0.2, 0.25) is 0 Å². The minimum absolute atomic E-state index is 0. The number of benzene rings is 17. The third kappa shape index (κ3) is 12.1. The predicted octanol–water partition coefficient (Wildman–Crippen LogP) is 28.6. The van der Waals surface area contributed by atoms with Crippen LogP contribution in [0.1, 0.15) is 37.1 Å². The fraction of sp³-hybridized carbons (Fsp3) is 0.0286. The number of rotatable bonds is 12.